The second-order valence-electron chi connectivity index (χ2n) is 18.3. The first-order chi connectivity index (χ1) is 31.3. The molecule has 5 N–H and O–H groups in total. The van der Waals surface area contributed by atoms with Crippen LogP contribution in [0.4, 0.5) is 43.7 Å². The highest BCUT2D eigenvalue weighted by atomic mass is 32.2. The molecule has 66 heavy (non-hydrogen) atoms. The first-order valence-corrected chi connectivity index (χ1v) is 22.6. The van der Waals surface area contributed by atoms with Crippen molar-refractivity contribution < 1.29 is 23.9 Å². The molecule has 0 bridgehead atoms. The minimum Gasteiger partial charge on any atom is -0.443 e. The number of ether oxygens (including phenoxy) is 2. The Kier molecular flexibility index (Phi) is 13.4. The third kappa shape index (κ3) is 10.2. The summed E-state index contributed by atoms with van der Waals surface area (Å²) in [4.78, 5) is 48.5. The van der Waals surface area contributed by atoms with Crippen molar-refractivity contribution in [2.24, 2.45) is 0 Å². The number of nitrogen functional groups attached to an aromatic ring is 1. The maximum Gasteiger partial charge on any atom is 0.414 e. The van der Waals surface area contributed by atoms with Gasteiger partial charge >= 0.3 is 12.2 Å². The Morgan fingerprint density at radius 2 is 1.42 bits per heavy atom. The number of nitrogens with zero attached hydrogens (tertiary/aromatic N) is 6. The average Bonchev–Trinajstić information content (AvgIpc) is 3.92. The van der Waals surface area contributed by atoms with Crippen LogP contribution < -0.4 is 31.1 Å². The molecule has 5 aromatic carbocycles. The number of hydrogen-bond acceptors (Lipinski definition) is 12. The maximum absolute atomic E-state index is 15.3. The van der Waals surface area contributed by atoms with Crippen LogP contribution in [0, 0.1) is 6.92 Å². The van der Waals surface area contributed by atoms with Crippen LogP contribution in [0.15, 0.2) is 113 Å². The quantitative estimate of drug-likeness (QED) is 0.0854. The number of aromatic amines is 1. The van der Waals surface area contributed by atoms with Gasteiger partial charge in [0.15, 0.2) is 5.66 Å². The van der Waals surface area contributed by atoms with Gasteiger partial charge in [-0.3, -0.25) is 14.6 Å². The Morgan fingerprint density at radius 3 is 2.05 bits per heavy atom. The lowest BCUT2D eigenvalue weighted by molar-refractivity contribution is -0.120. The zero-order valence-electron chi connectivity index (χ0n) is 39.1. The van der Waals surface area contributed by atoms with Gasteiger partial charge in [-0.2, -0.15) is 5.21 Å². The number of carbonyl (C=O) groups is 3. The molecule has 1 aliphatic heterocycles. The van der Waals surface area contributed by atoms with Crippen LogP contribution in [0.5, 0.6) is 0 Å². The molecule has 0 radical (unpaired) electrons. The fourth-order valence-electron chi connectivity index (χ4n) is 7.82. The number of anilines is 6. The van der Waals surface area contributed by atoms with Gasteiger partial charge in [0.25, 0.3) is 5.91 Å². The number of aromatic nitrogens is 4. The molecular weight excluding hydrogens is 853 g/mol. The van der Waals surface area contributed by atoms with E-state index in [-0.39, 0.29) is 5.91 Å². The van der Waals surface area contributed by atoms with E-state index in [4.69, 9.17) is 15.2 Å². The lowest BCUT2D eigenvalue weighted by Crippen LogP contribution is -2.59. The van der Waals surface area contributed by atoms with Crippen molar-refractivity contribution in [1.29, 1.82) is 0 Å². The molecule has 15 nitrogen and oxygen atoms in total. The highest BCUT2D eigenvalue weighted by Crippen LogP contribution is 2.46. The summed E-state index contributed by atoms with van der Waals surface area (Å²) < 4.78 is 11.4. The van der Waals surface area contributed by atoms with Crippen molar-refractivity contribution in [1.82, 2.24) is 20.6 Å². The fourth-order valence-corrected chi connectivity index (χ4v) is 8.71. The van der Waals surface area contributed by atoms with Gasteiger partial charge in [0.2, 0.25) is 5.82 Å². The minimum atomic E-state index is -1.22. The Balaban J connectivity index is 1.22. The highest BCUT2D eigenvalue weighted by Gasteiger charge is 2.49. The summed E-state index contributed by atoms with van der Waals surface area (Å²) >= 11 is 1.41. The largest absolute Gasteiger partial charge is 0.443 e. The highest BCUT2D eigenvalue weighted by molar-refractivity contribution is 7.99. The Bertz CT molecular complexity index is 2730. The van der Waals surface area contributed by atoms with Crippen LogP contribution in [0.25, 0.3) is 22.5 Å². The van der Waals surface area contributed by atoms with E-state index in [0.717, 1.165) is 49.0 Å². The molecule has 16 heteroatoms. The van der Waals surface area contributed by atoms with Crippen LogP contribution in [0.1, 0.15) is 72.4 Å². The molecule has 2 heterocycles. The van der Waals surface area contributed by atoms with Gasteiger partial charge in [0, 0.05) is 36.0 Å². The molecule has 1 aromatic heterocycles. The number of amides is 3. The molecule has 0 fully saturated rings. The third-order valence-electron chi connectivity index (χ3n) is 11.0. The maximum atomic E-state index is 15.3. The van der Waals surface area contributed by atoms with E-state index in [1.165, 1.54) is 21.6 Å². The van der Waals surface area contributed by atoms with Crippen molar-refractivity contribution >= 4 is 64.0 Å². The van der Waals surface area contributed by atoms with Crippen LogP contribution in [0.2, 0.25) is 0 Å². The standard InChI is InChI=1S/C50H58N10O5S/c1-11-27-50(53-43-31(2)15-14-18-40(43)60(50)30-32-19-21-33(22-20-32)36-16-12-13-17-37(36)44-54-56-57-55-44)45(61)52-39-26-24-35(29-42(39)59(10)47(63)65-49(6,7)8)66-34-23-25-38(51)41(28-34)58(9)46(62)64-48(3,4)5/h12-26,28-29,53H,11,27,30,51H2,1-10H3,(H,52,61)(H,54,55,56,57). The molecule has 3 amide bonds. The van der Waals surface area contributed by atoms with Gasteiger partial charge in [0.05, 0.1) is 34.1 Å². The molecule has 1 aliphatic rings. The van der Waals surface area contributed by atoms with Crippen LogP contribution in [-0.2, 0) is 20.8 Å². The van der Waals surface area contributed by atoms with E-state index in [2.05, 4.69) is 67.3 Å². The van der Waals surface area contributed by atoms with E-state index in [9.17, 15) is 9.59 Å². The van der Waals surface area contributed by atoms with Gasteiger partial charge in [-0.05, 0) is 125 Å². The zero-order chi connectivity index (χ0) is 47.6. The number of nitrogens with two attached hydrogens (primary N) is 1. The number of para-hydroxylation sites is 1. The van der Waals surface area contributed by atoms with Gasteiger partial charge in [-0.25, -0.2) is 9.59 Å². The van der Waals surface area contributed by atoms with Crippen LogP contribution >= 0.6 is 11.8 Å². The van der Waals surface area contributed by atoms with Crippen molar-refractivity contribution in [2.75, 3.05) is 45.2 Å². The number of H-pyrrole nitrogens is 1. The molecule has 344 valence electrons. The molecule has 1 atom stereocenters. The van der Waals surface area contributed by atoms with E-state index < -0.39 is 29.1 Å². The van der Waals surface area contributed by atoms with Crippen molar-refractivity contribution in [3.63, 3.8) is 0 Å². The fraction of sp³-hybridized carbons (Fsp3) is 0.320. The predicted octanol–water partition coefficient (Wildman–Crippen LogP) is 10.9. The number of benzene rings is 5. The molecule has 1 unspecified atom stereocenters. The number of rotatable bonds is 12. The third-order valence-corrected chi connectivity index (χ3v) is 11.9. The molecule has 0 saturated carbocycles. The monoisotopic (exact) mass is 910 g/mol. The SMILES string of the molecule is CCCC1(C(=O)Nc2ccc(Sc3ccc(N)c(N(C)C(=O)OC(C)(C)C)c3)cc2N(C)C(=O)OC(C)(C)C)Nc2c(C)cccc2N1Cc1ccc(-c2ccccc2-c2nn[nH]n2)cc1. The normalized spacial score (nSPS) is 14.5. The average molecular weight is 911 g/mol. The number of aryl methyl sites for hydroxylation is 1. The number of carbonyl (C=O) groups excluding carboxylic acids is 3. The minimum absolute atomic E-state index is 0.293. The van der Waals surface area contributed by atoms with Gasteiger partial charge in [-0.1, -0.05) is 85.8 Å². The second kappa shape index (κ2) is 18.8. The second-order valence-corrected chi connectivity index (χ2v) is 19.4. The predicted molar refractivity (Wildman–Crippen MR) is 263 cm³/mol. The Hall–Kier alpha value is -7.07. The van der Waals surface area contributed by atoms with Gasteiger partial charge < -0.3 is 30.7 Å². The number of hydrogen-bond donors (Lipinski definition) is 4. The van der Waals surface area contributed by atoms with Gasteiger partial charge in [0.1, 0.15) is 11.2 Å². The molecule has 0 aliphatic carbocycles. The molecule has 7 rings (SSSR count). The number of fused-ring (bicyclic) bond motifs is 1. The topological polar surface area (TPSA) is 184 Å². The number of nitrogens with one attached hydrogen (secondary N) is 3. The lowest BCUT2D eigenvalue weighted by atomic mass is 9.97. The summed E-state index contributed by atoms with van der Waals surface area (Å²) in [7, 11) is 3.23. The summed E-state index contributed by atoms with van der Waals surface area (Å²) in [5.74, 6) is 0.216. The molecule has 0 spiro atoms. The summed E-state index contributed by atoms with van der Waals surface area (Å²) in [5.41, 5.74) is 12.0. The van der Waals surface area contributed by atoms with Crippen molar-refractivity contribution in [2.45, 2.75) is 101 Å². The number of tetrazole rings is 1. The van der Waals surface area contributed by atoms with Crippen molar-refractivity contribution in [3.05, 3.63) is 114 Å². The van der Waals surface area contributed by atoms with Crippen molar-refractivity contribution in [3.8, 4) is 22.5 Å². The van der Waals surface area contributed by atoms with E-state index in [1.807, 2.05) is 73.7 Å². The zero-order valence-corrected chi connectivity index (χ0v) is 40.0. The summed E-state index contributed by atoms with van der Waals surface area (Å²) in [6, 6.07) is 33.2. The first-order valence-electron chi connectivity index (χ1n) is 21.8. The summed E-state index contributed by atoms with van der Waals surface area (Å²) in [6.07, 6.45) is 0.0161. The summed E-state index contributed by atoms with van der Waals surface area (Å²) in [6.45, 7) is 15.3. The smallest absolute Gasteiger partial charge is 0.414 e. The molecular formula is C50H58N10O5S. The van der Waals surface area contributed by atoms with E-state index in [0.29, 0.717) is 48.0 Å². The van der Waals surface area contributed by atoms with Gasteiger partial charge in [-0.15, -0.1) is 10.2 Å². The van der Waals surface area contributed by atoms with Crippen LogP contribution in [-0.4, -0.2) is 69.7 Å². The Morgan fingerprint density at radius 1 is 0.803 bits per heavy atom. The van der Waals surface area contributed by atoms with Crippen LogP contribution in [0.3, 0.4) is 0 Å². The van der Waals surface area contributed by atoms with E-state index >= 15 is 4.79 Å². The lowest BCUT2D eigenvalue weighted by Gasteiger charge is -2.39. The summed E-state index contributed by atoms with van der Waals surface area (Å²) in [5, 5.41) is 21.6. The molecule has 6 aromatic rings. The van der Waals surface area contributed by atoms with E-state index in [1.54, 1.807) is 67.8 Å². The Labute approximate surface area is 390 Å². The molecule has 0 saturated heterocycles. The first kappa shape index (κ1) is 46.9.